The smallest absolute Gasteiger partial charge is 0.300 e. The lowest BCUT2D eigenvalue weighted by atomic mass is 10.1. The first kappa shape index (κ1) is 20.6. The first-order valence-corrected chi connectivity index (χ1v) is 10.9. The van der Waals surface area contributed by atoms with Gasteiger partial charge in [0.2, 0.25) is 0 Å². The third-order valence-corrected chi connectivity index (χ3v) is 6.10. The van der Waals surface area contributed by atoms with E-state index in [9.17, 15) is 9.59 Å². The number of nitrogens with zero attached hydrogens (tertiary/aromatic N) is 3. The summed E-state index contributed by atoms with van der Waals surface area (Å²) in [5.41, 5.74) is 3.03. The Hall–Kier alpha value is -2.63. The zero-order valence-electron chi connectivity index (χ0n) is 16.8. The van der Waals surface area contributed by atoms with E-state index in [2.05, 4.69) is 39.3 Å². The second kappa shape index (κ2) is 9.02. The number of aromatic nitrogens is 2. The molecule has 4 rings (SSSR count). The van der Waals surface area contributed by atoms with Crippen molar-refractivity contribution in [1.29, 1.82) is 0 Å². The third kappa shape index (κ3) is 4.42. The highest BCUT2D eigenvalue weighted by molar-refractivity contribution is 14.1. The van der Waals surface area contributed by atoms with Gasteiger partial charge in [-0.25, -0.2) is 4.79 Å². The fraction of sp³-hybridized carbons (Fsp3) is 0.250. The van der Waals surface area contributed by atoms with Crippen molar-refractivity contribution in [3.63, 3.8) is 0 Å². The summed E-state index contributed by atoms with van der Waals surface area (Å²) in [6, 6.07) is 17.7. The third-order valence-electron chi connectivity index (χ3n) is 5.38. The van der Waals surface area contributed by atoms with E-state index < -0.39 is 0 Å². The zero-order valence-corrected chi connectivity index (χ0v) is 18.9. The van der Waals surface area contributed by atoms with Crippen LogP contribution in [0.4, 0.5) is 0 Å². The number of rotatable bonds is 3. The van der Waals surface area contributed by atoms with Crippen LogP contribution in [0, 0.1) is 15.4 Å². The van der Waals surface area contributed by atoms with Crippen LogP contribution < -0.4 is 11.2 Å². The highest BCUT2D eigenvalue weighted by Gasteiger charge is 2.23. The molecule has 5 nitrogen and oxygen atoms in total. The van der Waals surface area contributed by atoms with Crippen LogP contribution in [-0.4, -0.2) is 27.1 Å². The van der Waals surface area contributed by atoms with Crippen molar-refractivity contribution in [2.24, 2.45) is 7.05 Å². The number of fused-ring (bicyclic) bond motifs is 1. The molecule has 0 fully saturated rings. The van der Waals surface area contributed by atoms with Crippen LogP contribution in [0.1, 0.15) is 22.4 Å². The molecule has 0 radical (unpaired) electrons. The molecule has 0 unspecified atom stereocenters. The van der Waals surface area contributed by atoms with Gasteiger partial charge in [-0.1, -0.05) is 42.2 Å². The van der Waals surface area contributed by atoms with Crippen molar-refractivity contribution in [3.05, 3.63) is 101 Å². The van der Waals surface area contributed by atoms with Gasteiger partial charge >= 0.3 is 5.69 Å². The Morgan fingerprint density at radius 1 is 1.03 bits per heavy atom. The summed E-state index contributed by atoms with van der Waals surface area (Å²) in [6.45, 7) is 2.17. The predicted molar refractivity (Wildman–Crippen MR) is 127 cm³/mol. The summed E-state index contributed by atoms with van der Waals surface area (Å²) >= 11 is 2.27. The van der Waals surface area contributed by atoms with Gasteiger partial charge in [-0.05, 0) is 52.4 Å². The maximum absolute atomic E-state index is 13.1. The van der Waals surface area contributed by atoms with Crippen LogP contribution in [0.5, 0.6) is 0 Å². The molecule has 0 bridgehead atoms. The van der Waals surface area contributed by atoms with Crippen LogP contribution in [0.15, 0.2) is 64.2 Å². The van der Waals surface area contributed by atoms with E-state index in [0.29, 0.717) is 25.1 Å². The molecule has 0 amide bonds. The molecule has 0 spiro atoms. The summed E-state index contributed by atoms with van der Waals surface area (Å²) in [5.74, 6) is 6.41. The average molecular weight is 511 g/mol. The second-order valence-electron chi connectivity index (χ2n) is 7.41. The molecule has 0 aliphatic carbocycles. The molecule has 0 atom stereocenters. The minimum atomic E-state index is -0.255. The predicted octanol–water partition coefficient (Wildman–Crippen LogP) is 2.61. The number of benzene rings is 2. The van der Waals surface area contributed by atoms with Crippen LogP contribution in [0.25, 0.3) is 0 Å². The van der Waals surface area contributed by atoms with Gasteiger partial charge in [-0.2, -0.15) is 0 Å². The van der Waals surface area contributed by atoms with Crippen molar-refractivity contribution < 1.29 is 0 Å². The van der Waals surface area contributed by atoms with Crippen molar-refractivity contribution in [2.75, 3.05) is 13.1 Å². The van der Waals surface area contributed by atoms with E-state index in [-0.39, 0.29) is 17.8 Å². The molecule has 2 heterocycles. The molecule has 0 N–H and O–H groups in total. The van der Waals surface area contributed by atoms with Crippen molar-refractivity contribution in [1.82, 2.24) is 14.0 Å². The van der Waals surface area contributed by atoms with Crippen molar-refractivity contribution in [3.8, 4) is 11.8 Å². The van der Waals surface area contributed by atoms with E-state index in [1.807, 2.05) is 54.6 Å². The first-order chi connectivity index (χ1) is 14.5. The van der Waals surface area contributed by atoms with Gasteiger partial charge in [0.1, 0.15) is 0 Å². The lowest BCUT2D eigenvalue weighted by molar-refractivity contribution is 0.275. The molecule has 1 aliphatic heterocycles. The van der Waals surface area contributed by atoms with Gasteiger partial charge in [0.25, 0.3) is 5.56 Å². The second-order valence-corrected chi connectivity index (χ2v) is 8.66. The Labute approximate surface area is 189 Å². The molecule has 1 aliphatic rings. The molecule has 3 aromatic rings. The van der Waals surface area contributed by atoms with E-state index in [0.717, 1.165) is 23.4 Å². The number of hydrogen-bond donors (Lipinski definition) is 0. The SMILES string of the molecule is Cn1c2c(c(=O)n(Cc3ccccc3)c1=O)CN(CC#Cc1ccc(I)cc1)CC2. The molecule has 152 valence electrons. The normalized spacial score (nSPS) is 13.4. The summed E-state index contributed by atoms with van der Waals surface area (Å²) in [7, 11) is 1.76. The standard InChI is InChI=1S/C24H22IN3O2/c1-26-22-13-15-27(14-5-8-18-9-11-20(25)12-10-18)17-21(22)23(29)28(24(26)30)16-19-6-3-2-4-7-19/h2-4,6-7,9-12H,13-17H2,1H3. The zero-order chi connectivity index (χ0) is 21.1. The van der Waals surface area contributed by atoms with Gasteiger partial charge in [0, 0.05) is 41.4 Å². The van der Waals surface area contributed by atoms with Gasteiger partial charge < -0.3 is 4.57 Å². The largest absolute Gasteiger partial charge is 0.331 e. The van der Waals surface area contributed by atoms with Gasteiger partial charge in [0.05, 0.1) is 18.7 Å². The molecule has 1 aromatic heterocycles. The maximum atomic E-state index is 13.1. The van der Waals surface area contributed by atoms with E-state index in [4.69, 9.17) is 0 Å². The Morgan fingerprint density at radius 2 is 1.77 bits per heavy atom. The van der Waals surface area contributed by atoms with E-state index >= 15 is 0 Å². The average Bonchev–Trinajstić information content (AvgIpc) is 2.77. The molecule has 0 saturated carbocycles. The Kier molecular flexibility index (Phi) is 6.21. The maximum Gasteiger partial charge on any atom is 0.331 e. The monoisotopic (exact) mass is 511 g/mol. The lowest BCUT2D eigenvalue weighted by Gasteiger charge is -2.28. The number of halogens is 1. The van der Waals surface area contributed by atoms with E-state index in [1.54, 1.807) is 11.6 Å². The highest BCUT2D eigenvalue weighted by Crippen LogP contribution is 2.14. The van der Waals surface area contributed by atoms with Gasteiger partial charge in [-0.3, -0.25) is 14.3 Å². The molecule has 30 heavy (non-hydrogen) atoms. The van der Waals surface area contributed by atoms with Gasteiger partial charge in [0.15, 0.2) is 0 Å². The summed E-state index contributed by atoms with van der Waals surface area (Å²) in [5, 5.41) is 0. The first-order valence-electron chi connectivity index (χ1n) is 9.85. The van der Waals surface area contributed by atoms with Gasteiger partial charge in [-0.15, -0.1) is 0 Å². The van der Waals surface area contributed by atoms with Crippen molar-refractivity contribution in [2.45, 2.75) is 19.5 Å². The topological polar surface area (TPSA) is 47.2 Å². The molecular weight excluding hydrogens is 489 g/mol. The van der Waals surface area contributed by atoms with E-state index in [1.165, 1.54) is 8.14 Å². The molecule has 2 aromatic carbocycles. The quantitative estimate of drug-likeness (QED) is 0.402. The summed E-state index contributed by atoms with van der Waals surface area (Å²) in [6.07, 6.45) is 0.674. The summed E-state index contributed by atoms with van der Waals surface area (Å²) in [4.78, 5) is 28.1. The minimum Gasteiger partial charge on any atom is -0.300 e. The Bertz CT molecular complexity index is 1230. The van der Waals surface area contributed by atoms with Crippen LogP contribution in [-0.2, 0) is 26.6 Å². The highest BCUT2D eigenvalue weighted by atomic mass is 127. The summed E-state index contributed by atoms with van der Waals surface area (Å²) < 4.78 is 4.16. The lowest BCUT2D eigenvalue weighted by Crippen LogP contribution is -2.47. The molecular formula is C24H22IN3O2. The molecule has 6 heteroatoms. The number of hydrogen-bond acceptors (Lipinski definition) is 3. The van der Waals surface area contributed by atoms with Crippen LogP contribution >= 0.6 is 22.6 Å². The van der Waals surface area contributed by atoms with Crippen LogP contribution in [0.3, 0.4) is 0 Å². The Balaban J connectivity index is 1.57. The minimum absolute atomic E-state index is 0.188. The molecule has 0 saturated heterocycles. The fourth-order valence-electron chi connectivity index (χ4n) is 3.74. The van der Waals surface area contributed by atoms with Crippen molar-refractivity contribution >= 4 is 22.6 Å². The van der Waals surface area contributed by atoms with Crippen LogP contribution in [0.2, 0.25) is 0 Å². The Morgan fingerprint density at radius 3 is 2.50 bits per heavy atom. The fourth-order valence-corrected chi connectivity index (χ4v) is 4.10.